The molecular formula is C35H44N4O4. The first-order chi connectivity index (χ1) is 20.9. The summed E-state index contributed by atoms with van der Waals surface area (Å²) in [5.74, 6) is 3.15. The van der Waals surface area contributed by atoms with Gasteiger partial charge < -0.3 is 28.7 Å². The van der Waals surface area contributed by atoms with Crippen LogP contribution < -0.4 is 28.7 Å². The van der Waals surface area contributed by atoms with Gasteiger partial charge in [0.25, 0.3) is 0 Å². The summed E-state index contributed by atoms with van der Waals surface area (Å²) in [6.45, 7) is 12.0. The van der Waals surface area contributed by atoms with Crippen LogP contribution in [0.4, 0.5) is 11.4 Å². The van der Waals surface area contributed by atoms with Gasteiger partial charge in [0.15, 0.2) is 0 Å². The molecule has 0 spiro atoms. The van der Waals surface area contributed by atoms with Crippen molar-refractivity contribution in [3.8, 4) is 45.5 Å². The number of hydrogen-bond acceptors (Lipinski definition) is 8. The molecule has 0 saturated carbocycles. The van der Waals surface area contributed by atoms with Gasteiger partial charge >= 0.3 is 0 Å². The molecule has 2 heterocycles. The minimum atomic E-state index is 0.788. The highest BCUT2D eigenvalue weighted by Gasteiger charge is 2.14. The Morgan fingerprint density at radius 2 is 0.907 bits per heavy atom. The highest BCUT2D eigenvalue weighted by molar-refractivity contribution is 5.68. The van der Waals surface area contributed by atoms with Crippen LogP contribution >= 0.6 is 0 Å². The normalized spacial score (nSPS) is 10.8. The number of nitrogens with zero attached hydrogens (tertiary/aromatic N) is 4. The fourth-order valence-electron chi connectivity index (χ4n) is 5.35. The number of aromatic nitrogens is 2. The van der Waals surface area contributed by atoms with E-state index in [0.717, 1.165) is 101 Å². The number of methoxy groups -OCH3 is 4. The molecule has 2 aromatic carbocycles. The van der Waals surface area contributed by atoms with Crippen LogP contribution in [-0.2, 0) is 0 Å². The van der Waals surface area contributed by atoms with Crippen LogP contribution in [0.3, 0.4) is 0 Å². The second-order valence-corrected chi connectivity index (χ2v) is 10.3. The number of ether oxygens (including phenoxy) is 4. The summed E-state index contributed by atoms with van der Waals surface area (Å²) in [5.41, 5.74) is 7.86. The third kappa shape index (κ3) is 7.13. The van der Waals surface area contributed by atoms with Crippen LogP contribution in [0.25, 0.3) is 22.5 Å². The van der Waals surface area contributed by atoms with E-state index in [9.17, 15) is 0 Å². The third-order valence-corrected chi connectivity index (χ3v) is 7.94. The van der Waals surface area contributed by atoms with E-state index in [-0.39, 0.29) is 0 Å². The van der Waals surface area contributed by atoms with Gasteiger partial charge in [-0.3, -0.25) is 9.97 Å². The van der Waals surface area contributed by atoms with Gasteiger partial charge in [-0.25, -0.2) is 0 Å². The van der Waals surface area contributed by atoms with Crippen LogP contribution in [0.1, 0.15) is 31.4 Å². The zero-order valence-corrected chi connectivity index (χ0v) is 26.7. The molecule has 8 nitrogen and oxygen atoms in total. The van der Waals surface area contributed by atoms with Crippen molar-refractivity contribution in [3.63, 3.8) is 0 Å². The Morgan fingerprint density at radius 3 is 1.16 bits per heavy atom. The maximum absolute atomic E-state index is 5.55. The van der Waals surface area contributed by atoms with Crippen LogP contribution in [0, 0.1) is 13.8 Å². The van der Waals surface area contributed by atoms with Gasteiger partial charge in [0.1, 0.15) is 23.0 Å². The molecule has 0 amide bonds. The fourth-order valence-corrected chi connectivity index (χ4v) is 5.35. The second kappa shape index (κ2) is 14.6. The molecule has 0 saturated heterocycles. The van der Waals surface area contributed by atoms with Gasteiger partial charge in [0.05, 0.1) is 63.6 Å². The first kappa shape index (κ1) is 31.5. The van der Waals surface area contributed by atoms with E-state index in [1.807, 2.05) is 50.5 Å². The molecule has 0 atom stereocenters. The number of benzene rings is 2. The Morgan fingerprint density at radius 1 is 0.558 bits per heavy atom. The Hall–Kier alpha value is -4.46. The van der Waals surface area contributed by atoms with Crippen LogP contribution in [-0.4, -0.2) is 64.6 Å². The summed E-state index contributed by atoms with van der Waals surface area (Å²) in [6, 6.07) is 16.4. The molecule has 0 N–H and O–H groups in total. The van der Waals surface area contributed by atoms with Gasteiger partial charge in [-0.2, -0.15) is 0 Å². The summed E-state index contributed by atoms with van der Waals surface area (Å²) < 4.78 is 22.2. The first-order valence-electron chi connectivity index (χ1n) is 14.7. The first-order valence-corrected chi connectivity index (χ1v) is 14.7. The minimum Gasteiger partial charge on any atom is -0.496 e. The molecule has 4 rings (SSSR count). The number of anilines is 2. The summed E-state index contributed by atoms with van der Waals surface area (Å²) in [4.78, 5) is 14.3. The molecule has 0 aliphatic heterocycles. The monoisotopic (exact) mass is 584 g/mol. The van der Waals surface area contributed by atoms with Crippen molar-refractivity contribution in [3.05, 3.63) is 72.1 Å². The van der Waals surface area contributed by atoms with Crippen molar-refractivity contribution in [2.24, 2.45) is 0 Å². The van der Waals surface area contributed by atoms with Gasteiger partial charge in [0, 0.05) is 48.4 Å². The summed E-state index contributed by atoms with van der Waals surface area (Å²) in [7, 11) is 6.69. The van der Waals surface area contributed by atoms with Crippen LogP contribution in [0.15, 0.2) is 60.9 Å². The Balaban J connectivity index is 1.40. The van der Waals surface area contributed by atoms with Crippen LogP contribution in [0.2, 0.25) is 0 Å². The smallest absolute Gasteiger partial charge is 0.126 e. The molecule has 4 aromatic rings. The highest BCUT2D eigenvalue weighted by Crippen LogP contribution is 2.35. The Bertz CT molecular complexity index is 1330. The van der Waals surface area contributed by atoms with Crippen molar-refractivity contribution in [2.75, 3.05) is 64.4 Å². The number of hydrogen-bond donors (Lipinski definition) is 0. The minimum absolute atomic E-state index is 0.788. The molecular weight excluding hydrogens is 540 g/mol. The number of rotatable bonds is 14. The van der Waals surface area contributed by atoms with Gasteiger partial charge in [-0.15, -0.1) is 0 Å². The molecule has 0 fully saturated rings. The summed E-state index contributed by atoms with van der Waals surface area (Å²) in [5, 5.41) is 0. The van der Waals surface area contributed by atoms with E-state index in [4.69, 9.17) is 28.9 Å². The van der Waals surface area contributed by atoms with Gasteiger partial charge in [-0.05, 0) is 82.6 Å². The maximum atomic E-state index is 5.55. The van der Waals surface area contributed by atoms with Crippen molar-refractivity contribution >= 4 is 11.4 Å². The lowest BCUT2D eigenvalue weighted by molar-refractivity contribution is 0.389. The quantitative estimate of drug-likeness (QED) is 0.154. The van der Waals surface area contributed by atoms with Crippen molar-refractivity contribution in [2.45, 2.75) is 34.1 Å². The SMILES string of the molecule is CCN(CCCN(CC)c1ccc(-c2cc(OC)c(C)c(OC)c2)nc1)c1ccc(-c2cc(OC)c(C)c(OC)c2)nc1. The van der Waals surface area contributed by atoms with E-state index in [2.05, 4.69) is 47.9 Å². The van der Waals surface area contributed by atoms with E-state index >= 15 is 0 Å². The lowest BCUT2D eigenvalue weighted by Gasteiger charge is -2.27. The largest absolute Gasteiger partial charge is 0.496 e. The number of pyridine rings is 2. The van der Waals surface area contributed by atoms with Crippen molar-refractivity contribution < 1.29 is 18.9 Å². The lowest BCUT2D eigenvalue weighted by Crippen LogP contribution is -2.30. The van der Waals surface area contributed by atoms with Crippen molar-refractivity contribution in [1.29, 1.82) is 0 Å². The molecule has 228 valence electrons. The summed E-state index contributed by atoms with van der Waals surface area (Å²) >= 11 is 0. The van der Waals surface area contributed by atoms with E-state index in [1.165, 1.54) is 0 Å². The average Bonchev–Trinajstić information content (AvgIpc) is 3.05. The molecule has 0 aliphatic rings. The zero-order chi connectivity index (χ0) is 30.9. The zero-order valence-electron chi connectivity index (χ0n) is 26.7. The molecule has 0 bridgehead atoms. The average molecular weight is 585 g/mol. The maximum Gasteiger partial charge on any atom is 0.126 e. The molecule has 0 aliphatic carbocycles. The molecule has 2 aromatic heterocycles. The van der Waals surface area contributed by atoms with E-state index in [0.29, 0.717) is 0 Å². The van der Waals surface area contributed by atoms with Gasteiger partial charge in [0.2, 0.25) is 0 Å². The van der Waals surface area contributed by atoms with Gasteiger partial charge in [-0.1, -0.05) is 0 Å². The molecule has 43 heavy (non-hydrogen) atoms. The van der Waals surface area contributed by atoms with Crippen LogP contribution in [0.5, 0.6) is 23.0 Å². The lowest BCUT2D eigenvalue weighted by atomic mass is 10.1. The Labute approximate surface area is 256 Å². The van der Waals surface area contributed by atoms with E-state index < -0.39 is 0 Å². The van der Waals surface area contributed by atoms with E-state index in [1.54, 1.807) is 28.4 Å². The fraction of sp³-hybridized carbons (Fsp3) is 0.371. The molecule has 0 unspecified atom stereocenters. The second-order valence-electron chi connectivity index (χ2n) is 10.3. The topological polar surface area (TPSA) is 69.2 Å². The molecule has 8 heteroatoms. The van der Waals surface area contributed by atoms with Crippen molar-refractivity contribution in [1.82, 2.24) is 9.97 Å². The molecule has 0 radical (unpaired) electrons. The highest BCUT2D eigenvalue weighted by atomic mass is 16.5. The third-order valence-electron chi connectivity index (χ3n) is 7.94. The predicted molar refractivity (Wildman–Crippen MR) is 175 cm³/mol. The summed E-state index contributed by atoms with van der Waals surface area (Å²) in [6.07, 6.45) is 4.91. The standard InChI is InChI=1S/C35H44N4O4/c1-9-38(28-12-14-30(36-22-28)26-18-32(40-5)24(3)33(19-26)41-6)16-11-17-39(10-2)29-13-15-31(37-23-29)27-20-34(42-7)25(4)35(21-27)43-8/h12-15,18-23H,9-11,16-17H2,1-8H3. The predicted octanol–water partition coefficient (Wildman–Crippen LogP) is 7.20. The Kier molecular flexibility index (Phi) is 10.7.